The highest BCUT2D eigenvalue weighted by Crippen LogP contribution is 2.22. The van der Waals surface area contributed by atoms with Gasteiger partial charge in [0.1, 0.15) is 5.60 Å². The summed E-state index contributed by atoms with van der Waals surface area (Å²) in [5.74, 6) is -0.0159. The van der Waals surface area contributed by atoms with E-state index in [4.69, 9.17) is 9.15 Å². The van der Waals surface area contributed by atoms with Crippen molar-refractivity contribution in [2.24, 2.45) is 5.92 Å². The molecule has 2 aliphatic rings. The lowest BCUT2D eigenvalue weighted by molar-refractivity contribution is -0.138. The Kier molecular flexibility index (Phi) is 5.96. The van der Waals surface area contributed by atoms with Gasteiger partial charge in [0.2, 0.25) is 5.91 Å². The van der Waals surface area contributed by atoms with E-state index in [1.807, 2.05) is 20.8 Å². The highest BCUT2D eigenvalue weighted by Gasteiger charge is 2.34. The third-order valence-corrected chi connectivity index (χ3v) is 5.03. The summed E-state index contributed by atoms with van der Waals surface area (Å²) in [7, 11) is 0. The maximum atomic E-state index is 12.9. The maximum Gasteiger partial charge on any atom is 0.410 e. The molecule has 1 aromatic rings. The summed E-state index contributed by atoms with van der Waals surface area (Å²) in [6, 6.07) is 3.33. The Bertz CT molecular complexity index is 702. The van der Waals surface area contributed by atoms with Gasteiger partial charge in [0, 0.05) is 39.3 Å². The van der Waals surface area contributed by atoms with Crippen molar-refractivity contribution in [3.05, 3.63) is 24.2 Å². The number of carbonyl (C=O) groups excluding carboxylic acids is 3. The molecule has 3 rings (SSSR count). The smallest absolute Gasteiger partial charge is 0.410 e. The van der Waals surface area contributed by atoms with Crippen LogP contribution in [0, 0.1) is 5.92 Å². The zero-order chi connectivity index (χ0) is 20.3. The van der Waals surface area contributed by atoms with Crippen LogP contribution in [0.15, 0.2) is 22.8 Å². The Morgan fingerprint density at radius 2 is 1.71 bits per heavy atom. The van der Waals surface area contributed by atoms with Gasteiger partial charge in [-0.25, -0.2) is 4.79 Å². The largest absolute Gasteiger partial charge is 0.459 e. The van der Waals surface area contributed by atoms with Crippen LogP contribution in [-0.4, -0.2) is 77.5 Å². The molecule has 0 spiro atoms. The maximum absolute atomic E-state index is 12.9. The highest BCUT2D eigenvalue weighted by molar-refractivity contribution is 5.92. The van der Waals surface area contributed by atoms with E-state index in [-0.39, 0.29) is 23.8 Å². The Morgan fingerprint density at radius 3 is 2.32 bits per heavy atom. The Hall–Kier alpha value is -2.51. The van der Waals surface area contributed by atoms with Gasteiger partial charge in [-0.2, -0.15) is 0 Å². The van der Waals surface area contributed by atoms with Crippen LogP contribution < -0.4 is 0 Å². The van der Waals surface area contributed by atoms with E-state index < -0.39 is 5.60 Å². The molecule has 154 valence electrons. The standard InChI is InChI=1S/C20H29N3O5/c1-20(2,3)28-19(26)22-11-9-21(10-12-22)17(24)15-6-4-8-23(14-15)18(25)16-7-5-13-27-16/h5,7,13,15H,4,6,8-12,14H2,1-3H3. The average Bonchev–Trinajstić information content (AvgIpc) is 3.20. The second-order valence-corrected chi connectivity index (χ2v) is 8.36. The molecule has 2 saturated heterocycles. The fourth-order valence-electron chi connectivity index (χ4n) is 3.61. The number of nitrogens with zero attached hydrogens (tertiary/aromatic N) is 3. The summed E-state index contributed by atoms with van der Waals surface area (Å²) in [4.78, 5) is 42.7. The van der Waals surface area contributed by atoms with Crippen LogP contribution in [0.3, 0.4) is 0 Å². The van der Waals surface area contributed by atoms with Gasteiger partial charge in [-0.05, 0) is 45.7 Å². The van der Waals surface area contributed by atoms with Gasteiger partial charge < -0.3 is 23.9 Å². The molecule has 0 aromatic carbocycles. The summed E-state index contributed by atoms with van der Waals surface area (Å²) >= 11 is 0. The van der Waals surface area contributed by atoms with Crippen molar-refractivity contribution in [3.63, 3.8) is 0 Å². The quantitative estimate of drug-likeness (QED) is 0.772. The van der Waals surface area contributed by atoms with Gasteiger partial charge in [-0.15, -0.1) is 0 Å². The molecular formula is C20H29N3O5. The van der Waals surface area contributed by atoms with Crippen LogP contribution in [0.4, 0.5) is 4.79 Å². The first kappa shape index (κ1) is 20.2. The lowest BCUT2D eigenvalue weighted by Gasteiger charge is -2.39. The third kappa shape index (κ3) is 4.85. The van der Waals surface area contributed by atoms with Crippen molar-refractivity contribution in [1.82, 2.24) is 14.7 Å². The average molecular weight is 391 g/mol. The number of rotatable bonds is 2. The van der Waals surface area contributed by atoms with Crippen LogP contribution in [0.25, 0.3) is 0 Å². The van der Waals surface area contributed by atoms with Crippen molar-refractivity contribution in [1.29, 1.82) is 0 Å². The summed E-state index contributed by atoms with van der Waals surface area (Å²) in [5.41, 5.74) is -0.532. The zero-order valence-corrected chi connectivity index (χ0v) is 16.8. The van der Waals surface area contributed by atoms with Crippen LogP contribution in [0.2, 0.25) is 0 Å². The van der Waals surface area contributed by atoms with E-state index >= 15 is 0 Å². The number of amides is 3. The molecule has 0 N–H and O–H groups in total. The first-order valence-corrected chi connectivity index (χ1v) is 9.84. The number of piperidine rings is 1. The molecule has 28 heavy (non-hydrogen) atoms. The first-order chi connectivity index (χ1) is 13.2. The van der Waals surface area contributed by atoms with Gasteiger partial charge in [0.25, 0.3) is 5.91 Å². The van der Waals surface area contributed by atoms with E-state index in [9.17, 15) is 14.4 Å². The molecule has 0 bridgehead atoms. The molecule has 1 aromatic heterocycles. The Labute approximate surface area is 165 Å². The van der Waals surface area contributed by atoms with Crippen molar-refractivity contribution in [3.8, 4) is 0 Å². The topological polar surface area (TPSA) is 83.3 Å². The van der Waals surface area contributed by atoms with Crippen LogP contribution in [-0.2, 0) is 9.53 Å². The Balaban J connectivity index is 1.52. The molecular weight excluding hydrogens is 362 g/mol. The molecule has 3 heterocycles. The Morgan fingerprint density at radius 1 is 1.04 bits per heavy atom. The fourth-order valence-corrected chi connectivity index (χ4v) is 3.61. The SMILES string of the molecule is CC(C)(C)OC(=O)N1CCN(C(=O)C2CCCN(C(=O)c3ccco3)C2)CC1. The predicted octanol–water partition coefficient (Wildman–Crippen LogP) is 2.21. The van der Waals surface area contributed by atoms with Gasteiger partial charge in [-0.3, -0.25) is 9.59 Å². The van der Waals surface area contributed by atoms with Crippen molar-refractivity contribution >= 4 is 17.9 Å². The van der Waals surface area contributed by atoms with Gasteiger partial charge >= 0.3 is 6.09 Å². The summed E-state index contributed by atoms with van der Waals surface area (Å²) in [6.45, 7) is 8.45. The number of furan rings is 1. The minimum absolute atomic E-state index is 0.0563. The minimum Gasteiger partial charge on any atom is -0.459 e. The van der Waals surface area contributed by atoms with Crippen molar-refractivity contribution < 1.29 is 23.5 Å². The number of hydrogen-bond donors (Lipinski definition) is 0. The molecule has 1 unspecified atom stereocenters. The molecule has 0 radical (unpaired) electrons. The van der Waals surface area contributed by atoms with Crippen molar-refractivity contribution in [2.45, 2.75) is 39.2 Å². The van der Waals surface area contributed by atoms with Gasteiger partial charge in [0.15, 0.2) is 5.76 Å². The number of carbonyl (C=O) groups is 3. The van der Waals surface area contributed by atoms with E-state index in [0.717, 1.165) is 12.8 Å². The van der Waals surface area contributed by atoms with Crippen LogP contribution in [0.5, 0.6) is 0 Å². The second kappa shape index (κ2) is 8.24. The highest BCUT2D eigenvalue weighted by atomic mass is 16.6. The minimum atomic E-state index is -0.532. The molecule has 0 saturated carbocycles. The molecule has 3 amide bonds. The first-order valence-electron chi connectivity index (χ1n) is 9.84. The number of likely N-dealkylation sites (tertiary alicyclic amines) is 1. The zero-order valence-electron chi connectivity index (χ0n) is 16.8. The normalized spacial score (nSPS) is 20.8. The van der Waals surface area contributed by atoms with Gasteiger partial charge in [0.05, 0.1) is 12.2 Å². The molecule has 8 heteroatoms. The van der Waals surface area contributed by atoms with Crippen LogP contribution >= 0.6 is 0 Å². The molecule has 0 aliphatic carbocycles. The number of hydrogen-bond acceptors (Lipinski definition) is 5. The van der Waals surface area contributed by atoms with Crippen LogP contribution in [0.1, 0.15) is 44.2 Å². The molecule has 1 atom stereocenters. The second-order valence-electron chi connectivity index (χ2n) is 8.36. The number of piperazine rings is 1. The molecule has 2 aliphatic heterocycles. The van der Waals surface area contributed by atoms with Gasteiger partial charge in [-0.1, -0.05) is 0 Å². The third-order valence-electron chi connectivity index (χ3n) is 5.03. The molecule has 8 nitrogen and oxygen atoms in total. The monoisotopic (exact) mass is 391 g/mol. The van der Waals surface area contributed by atoms with E-state index in [0.29, 0.717) is 45.0 Å². The summed E-state index contributed by atoms with van der Waals surface area (Å²) in [5, 5.41) is 0. The lowest BCUT2D eigenvalue weighted by atomic mass is 9.96. The van der Waals surface area contributed by atoms with Crippen molar-refractivity contribution in [2.75, 3.05) is 39.3 Å². The summed E-state index contributed by atoms with van der Waals surface area (Å²) < 4.78 is 10.6. The van der Waals surface area contributed by atoms with E-state index in [1.165, 1.54) is 6.26 Å². The van der Waals surface area contributed by atoms with E-state index in [2.05, 4.69) is 0 Å². The number of ether oxygens (including phenoxy) is 1. The molecule has 2 fully saturated rings. The lowest BCUT2D eigenvalue weighted by Crippen LogP contribution is -2.54. The summed E-state index contributed by atoms with van der Waals surface area (Å²) in [6.07, 6.45) is 2.70. The van der Waals surface area contributed by atoms with E-state index in [1.54, 1.807) is 26.8 Å². The fraction of sp³-hybridized carbons (Fsp3) is 0.650. The predicted molar refractivity (Wildman–Crippen MR) is 102 cm³/mol.